The lowest BCUT2D eigenvalue weighted by atomic mass is 9.72. The average Bonchev–Trinajstić information content (AvgIpc) is 3.31. The molecule has 0 spiro atoms. The van der Waals surface area contributed by atoms with Crippen LogP contribution in [0.2, 0.25) is 10.0 Å². The average molecular weight is 473 g/mol. The first-order valence-corrected chi connectivity index (χ1v) is 11.7. The summed E-state index contributed by atoms with van der Waals surface area (Å²) in [5.74, 6) is 0.805. The van der Waals surface area contributed by atoms with Crippen LogP contribution in [0.15, 0.2) is 34.7 Å². The zero-order chi connectivity index (χ0) is 22.3. The number of fused-ring (bicyclic) bond motifs is 1. The number of nitriles is 1. The van der Waals surface area contributed by atoms with Gasteiger partial charge in [0.1, 0.15) is 16.8 Å². The van der Waals surface area contributed by atoms with Gasteiger partial charge in [0.15, 0.2) is 5.76 Å². The number of amides is 1. The molecule has 160 valence electrons. The van der Waals surface area contributed by atoms with Crippen molar-refractivity contribution < 1.29 is 9.21 Å². The van der Waals surface area contributed by atoms with E-state index in [1.54, 1.807) is 30.3 Å². The van der Waals surface area contributed by atoms with Gasteiger partial charge in [-0.25, -0.2) is 0 Å². The summed E-state index contributed by atoms with van der Waals surface area (Å²) in [5.41, 5.74) is 2.53. The first-order valence-electron chi connectivity index (χ1n) is 10.1. The number of benzene rings is 1. The predicted molar refractivity (Wildman–Crippen MR) is 126 cm³/mol. The summed E-state index contributed by atoms with van der Waals surface area (Å²) in [7, 11) is 0. The standard InChI is InChI=1S/C24H22Cl2N2O2S/c1-24(2,3)13-4-6-15-17(12-27)23(31-21(15)10-13)28-22(29)20-9-8-19(30-20)16-7-5-14(25)11-18(16)26/h5,7-9,11,13H,4,6,10H2,1-3H3,(H,28,29). The molecule has 4 rings (SSSR count). The van der Waals surface area contributed by atoms with Crippen LogP contribution < -0.4 is 5.32 Å². The van der Waals surface area contributed by atoms with Gasteiger partial charge in [0.2, 0.25) is 0 Å². The van der Waals surface area contributed by atoms with E-state index in [1.165, 1.54) is 16.2 Å². The monoisotopic (exact) mass is 472 g/mol. The molecule has 7 heteroatoms. The molecular weight excluding hydrogens is 451 g/mol. The van der Waals surface area contributed by atoms with Crippen LogP contribution in [0.1, 0.15) is 53.8 Å². The van der Waals surface area contributed by atoms with E-state index in [-0.39, 0.29) is 17.1 Å². The summed E-state index contributed by atoms with van der Waals surface area (Å²) in [5, 5.41) is 14.2. The fourth-order valence-corrected chi connectivity index (χ4v) is 5.76. The Morgan fingerprint density at radius 3 is 2.71 bits per heavy atom. The number of hydrogen-bond acceptors (Lipinski definition) is 4. The third kappa shape index (κ3) is 4.39. The second kappa shape index (κ2) is 8.35. The number of thiophene rings is 1. The van der Waals surface area contributed by atoms with Crippen molar-refractivity contribution in [3.05, 3.63) is 62.1 Å². The minimum absolute atomic E-state index is 0.156. The number of rotatable bonds is 3. The van der Waals surface area contributed by atoms with Gasteiger partial charge in [-0.2, -0.15) is 5.26 Å². The van der Waals surface area contributed by atoms with Crippen LogP contribution in [-0.2, 0) is 12.8 Å². The maximum absolute atomic E-state index is 12.8. The lowest BCUT2D eigenvalue weighted by Crippen LogP contribution is -2.26. The second-order valence-corrected chi connectivity index (χ2v) is 10.8. The molecule has 0 fully saturated rings. The number of nitrogens with zero attached hydrogens (tertiary/aromatic N) is 1. The summed E-state index contributed by atoms with van der Waals surface area (Å²) in [4.78, 5) is 14.0. The van der Waals surface area contributed by atoms with Crippen LogP contribution in [0.5, 0.6) is 0 Å². The van der Waals surface area contributed by atoms with Gasteiger partial charge in [0.25, 0.3) is 5.91 Å². The van der Waals surface area contributed by atoms with E-state index in [0.717, 1.165) is 24.8 Å². The first-order chi connectivity index (χ1) is 14.7. The highest BCUT2D eigenvalue weighted by atomic mass is 35.5. The molecule has 0 saturated heterocycles. The van der Waals surface area contributed by atoms with Gasteiger partial charge in [-0.05, 0) is 66.5 Å². The molecule has 1 aliphatic rings. The Morgan fingerprint density at radius 2 is 2.03 bits per heavy atom. The number of nitrogens with one attached hydrogen (secondary N) is 1. The summed E-state index contributed by atoms with van der Waals surface area (Å²) >= 11 is 13.7. The van der Waals surface area contributed by atoms with E-state index in [0.29, 0.717) is 37.9 Å². The molecular formula is C24H22Cl2N2O2S. The Kier molecular flexibility index (Phi) is 5.91. The van der Waals surface area contributed by atoms with Crippen LogP contribution >= 0.6 is 34.5 Å². The van der Waals surface area contributed by atoms with E-state index in [9.17, 15) is 10.1 Å². The van der Waals surface area contributed by atoms with Crippen molar-refractivity contribution in [2.45, 2.75) is 40.0 Å². The fourth-order valence-electron chi connectivity index (χ4n) is 3.99. The Morgan fingerprint density at radius 1 is 1.26 bits per heavy atom. The highest BCUT2D eigenvalue weighted by Crippen LogP contribution is 2.44. The Labute approximate surface area is 195 Å². The highest BCUT2D eigenvalue weighted by molar-refractivity contribution is 7.16. The van der Waals surface area contributed by atoms with Gasteiger partial charge >= 0.3 is 0 Å². The summed E-state index contributed by atoms with van der Waals surface area (Å²) in [6.07, 6.45) is 2.86. The fraction of sp³-hybridized carbons (Fsp3) is 0.333. The quantitative estimate of drug-likeness (QED) is 0.426. The third-order valence-corrected chi connectivity index (χ3v) is 7.57. The number of halogens is 2. The molecule has 0 aliphatic heterocycles. The third-order valence-electron chi connectivity index (χ3n) is 5.86. The SMILES string of the molecule is CC(C)(C)C1CCc2c(sc(NC(=O)c3ccc(-c4ccc(Cl)cc4Cl)o3)c2C#N)C1. The van der Waals surface area contributed by atoms with Crippen LogP contribution in [0.25, 0.3) is 11.3 Å². The second-order valence-electron chi connectivity index (χ2n) is 8.87. The molecule has 1 amide bonds. The first kappa shape index (κ1) is 22.0. The lowest BCUT2D eigenvalue weighted by Gasteiger charge is -2.33. The Balaban J connectivity index is 1.57. The number of carbonyl (C=O) groups is 1. The Hall–Kier alpha value is -2.26. The molecule has 1 aliphatic carbocycles. The van der Waals surface area contributed by atoms with Gasteiger partial charge in [-0.15, -0.1) is 11.3 Å². The predicted octanol–water partition coefficient (Wildman–Crippen LogP) is 7.59. The zero-order valence-electron chi connectivity index (χ0n) is 17.5. The van der Waals surface area contributed by atoms with E-state index in [1.807, 2.05) is 0 Å². The lowest BCUT2D eigenvalue weighted by molar-refractivity contribution is 0.0998. The summed E-state index contributed by atoms with van der Waals surface area (Å²) < 4.78 is 5.74. The van der Waals surface area contributed by atoms with Crippen molar-refractivity contribution in [1.29, 1.82) is 5.26 Å². The molecule has 2 heterocycles. The van der Waals surface area contributed by atoms with Crippen LogP contribution in [0.3, 0.4) is 0 Å². The Bertz CT molecular complexity index is 1200. The number of furan rings is 1. The molecule has 0 radical (unpaired) electrons. The number of hydrogen-bond donors (Lipinski definition) is 1. The van der Waals surface area contributed by atoms with Crippen molar-refractivity contribution in [1.82, 2.24) is 0 Å². The molecule has 3 aromatic rings. The van der Waals surface area contributed by atoms with Gasteiger partial charge < -0.3 is 9.73 Å². The van der Waals surface area contributed by atoms with E-state index in [2.05, 4.69) is 32.2 Å². The van der Waals surface area contributed by atoms with Gasteiger partial charge in [0, 0.05) is 15.5 Å². The van der Waals surface area contributed by atoms with Crippen LogP contribution in [0, 0.1) is 22.7 Å². The van der Waals surface area contributed by atoms with E-state index in [4.69, 9.17) is 27.6 Å². The van der Waals surface area contributed by atoms with Crippen molar-refractivity contribution in [2.75, 3.05) is 5.32 Å². The molecule has 0 saturated carbocycles. The number of anilines is 1. The van der Waals surface area contributed by atoms with Gasteiger partial charge in [-0.3, -0.25) is 4.79 Å². The maximum Gasteiger partial charge on any atom is 0.292 e. The van der Waals surface area contributed by atoms with Crippen molar-refractivity contribution >= 4 is 45.4 Å². The molecule has 1 unspecified atom stereocenters. The maximum atomic E-state index is 12.8. The zero-order valence-corrected chi connectivity index (χ0v) is 19.8. The van der Waals surface area contributed by atoms with Gasteiger partial charge in [-0.1, -0.05) is 44.0 Å². The van der Waals surface area contributed by atoms with Crippen LogP contribution in [0.4, 0.5) is 5.00 Å². The van der Waals surface area contributed by atoms with Crippen molar-refractivity contribution in [3.63, 3.8) is 0 Å². The molecule has 2 aromatic heterocycles. The molecule has 4 nitrogen and oxygen atoms in total. The largest absolute Gasteiger partial charge is 0.451 e. The molecule has 1 N–H and O–H groups in total. The molecule has 1 atom stereocenters. The highest BCUT2D eigenvalue weighted by Gasteiger charge is 2.32. The number of carbonyl (C=O) groups excluding carboxylic acids is 1. The summed E-state index contributed by atoms with van der Waals surface area (Å²) in [6.45, 7) is 6.77. The minimum Gasteiger partial charge on any atom is -0.451 e. The molecule has 0 bridgehead atoms. The van der Waals surface area contributed by atoms with Crippen molar-refractivity contribution in [3.8, 4) is 17.4 Å². The topological polar surface area (TPSA) is 66.0 Å². The molecule has 1 aromatic carbocycles. The van der Waals surface area contributed by atoms with Gasteiger partial charge in [0.05, 0.1) is 10.6 Å². The van der Waals surface area contributed by atoms with E-state index >= 15 is 0 Å². The van der Waals surface area contributed by atoms with Crippen LogP contribution in [-0.4, -0.2) is 5.91 Å². The normalized spacial score (nSPS) is 15.9. The smallest absolute Gasteiger partial charge is 0.292 e. The van der Waals surface area contributed by atoms with E-state index < -0.39 is 0 Å². The summed E-state index contributed by atoms with van der Waals surface area (Å²) in [6, 6.07) is 10.7. The van der Waals surface area contributed by atoms with Crippen molar-refractivity contribution in [2.24, 2.45) is 11.3 Å². The molecule has 31 heavy (non-hydrogen) atoms. The minimum atomic E-state index is -0.390.